The predicted molar refractivity (Wildman–Crippen MR) is 77.5 cm³/mol. The van der Waals surface area contributed by atoms with Gasteiger partial charge in [-0.25, -0.2) is 0 Å². The highest BCUT2D eigenvalue weighted by Gasteiger charge is 2.19. The molecule has 1 fully saturated rings. The summed E-state index contributed by atoms with van der Waals surface area (Å²) in [6.07, 6.45) is 7.08. The maximum absolute atomic E-state index is 3.59. The van der Waals surface area contributed by atoms with Crippen LogP contribution in [-0.2, 0) is 13.1 Å². The average Bonchev–Trinajstić information content (AvgIpc) is 3.10. The van der Waals surface area contributed by atoms with Gasteiger partial charge in [-0.05, 0) is 36.1 Å². The van der Waals surface area contributed by atoms with Crippen molar-refractivity contribution >= 4 is 15.9 Å². The third-order valence-corrected chi connectivity index (χ3v) is 4.07. The van der Waals surface area contributed by atoms with E-state index in [0.29, 0.717) is 0 Å². The third kappa shape index (κ3) is 3.03. The Morgan fingerprint density at radius 2 is 2.06 bits per heavy atom. The van der Waals surface area contributed by atoms with Crippen molar-refractivity contribution in [1.29, 1.82) is 0 Å². The molecule has 0 spiro atoms. The van der Waals surface area contributed by atoms with Gasteiger partial charge in [0, 0.05) is 36.0 Å². The van der Waals surface area contributed by atoms with Gasteiger partial charge in [-0.3, -0.25) is 0 Å². The number of hydrogen-bond donors (Lipinski definition) is 1. The minimum Gasteiger partial charge on any atom is -0.350 e. The number of aromatic nitrogens is 1. The predicted octanol–water partition coefficient (Wildman–Crippen LogP) is 3.55. The highest BCUT2D eigenvalue weighted by atomic mass is 79.9. The maximum Gasteiger partial charge on any atom is 0.0481 e. The van der Waals surface area contributed by atoms with Crippen molar-refractivity contribution in [3.8, 4) is 0 Å². The summed E-state index contributed by atoms with van der Waals surface area (Å²) in [7, 11) is 0. The van der Waals surface area contributed by atoms with E-state index in [2.05, 4.69) is 62.5 Å². The molecule has 0 radical (unpaired) electrons. The fraction of sp³-hybridized carbons (Fsp3) is 0.333. The lowest BCUT2D eigenvalue weighted by Gasteiger charge is -2.05. The van der Waals surface area contributed by atoms with Crippen molar-refractivity contribution < 1.29 is 0 Å². The Hall–Kier alpha value is -1.06. The molecule has 3 heteroatoms. The number of nitrogens with zero attached hydrogens (tertiary/aromatic N) is 1. The van der Waals surface area contributed by atoms with Crippen LogP contribution in [0, 0.1) is 0 Å². The van der Waals surface area contributed by atoms with Gasteiger partial charge in [0.1, 0.15) is 0 Å². The molecule has 1 N–H and O–H groups in total. The molecule has 18 heavy (non-hydrogen) atoms. The van der Waals surface area contributed by atoms with Crippen LogP contribution in [0.15, 0.2) is 47.2 Å². The van der Waals surface area contributed by atoms with E-state index in [-0.39, 0.29) is 0 Å². The fourth-order valence-corrected chi connectivity index (χ4v) is 2.48. The molecule has 0 atom stereocenters. The molecule has 0 amide bonds. The van der Waals surface area contributed by atoms with E-state index in [1.54, 1.807) is 0 Å². The first kappa shape index (κ1) is 12.0. The molecule has 1 aliphatic rings. The first-order valence-corrected chi connectivity index (χ1v) is 7.22. The zero-order valence-corrected chi connectivity index (χ0v) is 11.9. The summed E-state index contributed by atoms with van der Waals surface area (Å²) < 4.78 is 3.42. The summed E-state index contributed by atoms with van der Waals surface area (Å²) in [6.45, 7) is 1.92. The maximum atomic E-state index is 3.59. The standard InChI is InChI=1S/C15H17BrN2/c16-15-4-2-1-3-13(15)11-18-8-7-12(10-18)9-17-14-5-6-14/h1-4,7-8,10,14,17H,5-6,9,11H2. The largest absolute Gasteiger partial charge is 0.350 e. The van der Waals surface area contributed by atoms with Crippen LogP contribution in [0.3, 0.4) is 0 Å². The normalized spacial score (nSPS) is 14.9. The van der Waals surface area contributed by atoms with E-state index >= 15 is 0 Å². The van der Waals surface area contributed by atoms with Gasteiger partial charge < -0.3 is 9.88 Å². The summed E-state index contributed by atoms with van der Waals surface area (Å²) in [4.78, 5) is 0. The van der Waals surface area contributed by atoms with Crippen LogP contribution in [0.25, 0.3) is 0 Å². The van der Waals surface area contributed by atoms with Crippen LogP contribution in [0.5, 0.6) is 0 Å². The molecule has 2 aromatic rings. The SMILES string of the molecule is Brc1ccccc1Cn1ccc(CNC2CC2)c1. The monoisotopic (exact) mass is 304 g/mol. The molecule has 1 aliphatic carbocycles. The van der Waals surface area contributed by atoms with Gasteiger partial charge in [-0.15, -0.1) is 0 Å². The first-order chi connectivity index (χ1) is 8.81. The molecular formula is C15H17BrN2. The highest BCUT2D eigenvalue weighted by molar-refractivity contribution is 9.10. The van der Waals surface area contributed by atoms with Crippen molar-refractivity contribution in [2.24, 2.45) is 0 Å². The van der Waals surface area contributed by atoms with E-state index in [4.69, 9.17) is 0 Å². The first-order valence-electron chi connectivity index (χ1n) is 6.43. The van der Waals surface area contributed by atoms with Gasteiger partial charge in [0.25, 0.3) is 0 Å². The van der Waals surface area contributed by atoms with Crippen molar-refractivity contribution in [3.63, 3.8) is 0 Å². The zero-order valence-electron chi connectivity index (χ0n) is 10.3. The lowest BCUT2D eigenvalue weighted by molar-refractivity contribution is 0.685. The third-order valence-electron chi connectivity index (χ3n) is 3.29. The van der Waals surface area contributed by atoms with Gasteiger partial charge in [-0.2, -0.15) is 0 Å². The van der Waals surface area contributed by atoms with Crippen LogP contribution < -0.4 is 5.32 Å². The molecule has 1 heterocycles. The van der Waals surface area contributed by atoms with E-state index in [1.165, 1.54) is 28.4 Å². The van der Waals surface area contributed by atoms with Gasteiger partial charge >= 0.3 is 0 Å². The fourth-order valence-electron chi connectivity index (χ4n) is 2.07. The number of rotatable bonds is 5. The summed E-state index contributed by atoms with van der Waals surface area (Å²) in [6, 6.07) is 11.4. The Kier molecular flexibility index (Phi) is 3.52. The molecule has 94 valence electrons. The van der Waals surface area contributed by atoms with Crippen LogP contribution >= 0.6 is 15.9 Å². The Labute approximate surface area is 116 Å². The second kappa shape index (κ2) is 5.29. The van der Waals surface area contributed by atoms with Gasteiger partial charge in [0.05, 0.1) is 0 Å². The molecule has 0 saturated heterocycles. The van der Waals surface area contributed by atoms with Crippen LogP contribution in [-0.4, -0.2) is 10.6 Å². The van der Waals surface area contributed by atoms with E-state index < -0.39 is 0 Å². The highest BCUT2D eigenvalue weighted by Crippen LogP contribution is 2.20. The van der Waals surface area contributed by atoms with E-state index in [0.717, 1.165) is 19.1 Å². The summed E-state index contributed by atoms with van der Waals surface area (Å²) in [5, 5.41) is 3.54. The molecule has 0 bridgehead atoms. The quantitative estimate of drug-likeness (QED) is 0.894. The molecule has 3 rings (SSSR count). The number of hydrogen-bond acceptors (Lipinski definition) is 1. The van der Waals surface area contributed by atoms with Crippen LogP contribution in [0.4, 0.5) is 0 Å². The number of benzene rings is 1. The lowest BCUT2D eigenvalue weighted by Crippen LogP contribution is -2.14. The molecule has 1 saturated carbocycles. The summed E-state index contributed by atoms with van der Waals surface area (Å²) >= 11 is 3.59. The zero-order chi connectivity index (χ0) is 12.4. The lowest BCUT2D eigenvalue weighted by atomic mass is 10.2. The number of halogens is 1. The average molecular weight is 305 g/mol. The second-order valence-corrected chi connectivity index (χ2v) is 5.79. The Morgan fingerprint density at radius 1 is 1.22 bits per heavy atom. The van der Waals surface area contributed by atoms with Crippen LogP contribution in [0.2, 0.25) is 0 Å². The van der Waals surface area contributed by atoms with Crippen molar-refractivity contribution in [2.45, 2.75) is 32.0 Å². The van der Waals surface area contributed by atoms with E-state index in [9.17, 15) is 0 Å². The Balaban J connectivity index is 1.63. The molecular weight excluding hydrogens is 288 g/mol. The second-order valence-electron chi connectivity index (χ2n) is 4.94. The number of nitrogens with one attached hydrogen (secondary N) is 1. The Morgan fingerprint density at radius 3 is 2.83 bits per heavy atom. The van der Waals surface area contributed by atoms with Crippen molar-refractivity contribution in [2.75, 3.05) is 0 Å². The van der Waals surface area contributed by atoms with Gasteiger partial charge in [-0.1, -0.05) is 34.1 Å². The van der Waals surface area contributed by atoms with Gasteiger partial charge in [0.2, 0.25) is 0 Å². The van der Waals surface area contributed by atoms with Gasteiger partial charge in [0.15, 0.2) is 0 Å². The molecule has 0 aliphatic heterocycles. The molecule has 2 nitrogen and oxygen atoms in total. The summed E-state index contributed by atoms with van der Waals surface area (Å²) in [5.74, 6) is 0. The van der Waals surface area contributed by atoms with E-state index in [1.807, 2.05) is 6.07 Å². The molecule has 1 aromatic heterocycles. The Bertz CT molecular complexity index is 529. The van der Waals surface area contributed by atoms with Crippen LogP contribution in [0.1, 0.15) is 24.0 Å². The van der Waals surface area contributed by atoms with Crippen molar-refractivity contribution in [1.82, 2.24) is 9.88 Å². The minimum atomic E-state index is 0.775. The van der Waals surface area contributed by atoms with Crippen molar-refractivity contribution in [3.05, 3.63) is 58.3 Å². The smallest absolute Gasteiger partial charge is 0.0481 e. The molecule has 0 unspecified atom stereocenters. The summed E-state index contributed by atoms with van der Waals surface area (Å²) in [5.41, 5.74) is 2.68. The minimum absolute atomic E-state index is 0.775. The topological polar surface area (TPSA) is 17.0 Å². The molecule has 1 aromatic carbocycles.